The normalized spacial score (nSPS) is 36.6. The van der Waals surface area contributed by atoms with E-state index in [1.54, 1.807) is 0 Å². The average molecular weight is 305 g/mol. The molecule has 0 saturated carbocycles. The van der Waals surface area contributed by atoms with Gasteiger partial charge < -0.3 is 4.57 Å². The van der Waals surface area contributed by atoms with Gasteiger partial charge in [0.2, 0.25) is 0 Å². The van der Waals surface area contributed by atoms with Crippen molar-refractivity contribution in [3.8, 4) is 0 Å². The fourth-order valence-corrected chi connectivity index (χ4v) is 8.92. The minimum absolute atomic E-state index is 0.108. The second-order valence-electron chi connectivity index (χ2n) is 7.91. The summed E-state index contributed by atoms with van der Waals surface area (Å²) in [6.45, 7) is 10.9. The Bertz CT molecular complexity index is 585. The van der Waals surface area contributed by atoms with E-state index < -0.39 is 7.29 Å². The van der Waals surface area contributed by atoms with Crippen molar-refractivity contribution < 1.29 is 4.57 Å². The Balaban J connectivity index is 1.93. The monoisotopic (exact) mass is 305 g/mol. The predicted octanol–water partition coefficient (Wildman–Crippen LogP) is 5.14. The molecular weight excluding hydrogens is 277 g/mol. The number of nitrogens with one attached hydrogen (secondary N) is 1. The van der Waals surface area contributed by atoms with Gasteiger partial charge in [-0.2, -0.15) is 0 Å². The Hall–Kier alpha value is -0.590. The molecular formula is C18H28NOP. The van der Waals surface area contributed by atoms with Crippen LogP contribution < -0.4 is 5.09 Å². The summed E-state index contributed by atoms with van der Waals surface area (Å²) in [5.74, 6) is 0.474. The van der Waals surface area contributed by atoms with Crippen molar-refractivity contribution >= 4 is 7.29 Å². The SMILES string of the molecule is CC1C(C)(C)P(=O)(NC2CCCc3ccccc32)C1(C)C. The number of rotatable bonds is 2. The summed E-state index contributed by atoms with van der Waals surface area (Å²) in [6, 6.07) is 8.91. The molecule has 0 aromatic heterocycles. The number of hydrogen-bond donors (Lipinski definition) is 1. The smallest absolute Gasteiger partial charge is 0.159 e. The van der Waals surface area contributed by atoms with Crippen molar-refractivity contribution in [3.63, 3.8) is 0 Å². The van der Waals surface area contributed by atoms with Crippen molar-refractivity contribution in [2.45, 2.75) is 70.2 Å². The van der Waals surface area contributed by atoms with Crippen LogP contribution in [0.25, 0.3) is 0 Å². The standard InChI is InChI=1S/C18H28NOP/c1-13-17(2,3)21(20,18(13,4)5)19-16-12-8-10-14-9-6-7-11-15(14)16/h6-7,9,11,13,16H,8,10,12H2,1-5H3,(H,19,20). The third-order valence-corrected chi connectivity index (χ3v) is 11.1. The second kappa shape index (κ2) is 4.70. The molecule has 0 radical (unpaired) electrons. The van der Waals surface area contributed by atoms with Crippen LogP contribution >= 0.6 is 7.29 Å². The predicted molar refractivity (Wildman–Crippen MR) is 90.2 cm³/mol. The number of aryl methyl sites for hydroxylation is 1. The molecule has 1 unspecified atom stereocenters. The second-order valence-corrected chi connectivity index (χ2v) is 11.7. The molecule has 1 N–H and O–H groups in total. The van der Waals surface area contributed by atoms with Crippen LogP contribution in [-0.2, 0) is 11.0 Å². The Morgan fingerprint density at radius 3 is 2.43 bits per heavy atom. The Kier molecular flexibility index (Phi) is 3.43. The highest BCUT2D eigenvalue weighted by atomic mass is 31.2. The molecule has 1 aliphatic carbocycles. The van der Waals surface area contributed by atoms with Gasteiger partial charge in [-0.25, -0.2) is 0 Å². The lowest BCUT2D eigenvalue weighted by molar-refractivity contribution is 0.257. The largest absolute Gasteiger partial charge is 0.306 e. The molecule has 3 rings (SSSR count). The van der Waals surface area contributed by atoms with Gasteiger partial charge in [0, 0.05) is 16.4 Å². The van der Waals surface area contributed by atoms with Gasteiger partial charge in [0.15, 0.2) is 7.29 Å². The van der Waals surface area contributed by atoms with Crippen molar-refractivity contribution in [2.24, 2.45) is 5.92 Å². The highest BCUT2D eigenvalue weighted by Crippen LogP contribution is 2.80. The lowest BCUT2D eigenvalue weighted by atomic mass is 9.83. The van der Waals surface area contributed by atoms with Gasteiger partial charge in [-0.1, -0.05) is 58.9 Å². The summed E-state index contributed by atoms with van der Waals surface area (Å²) in [7, 11) is -2.43. The van der Waals surface area contributed by atoms with Gasteiger partial charge in [-0.3, -0.25) is 5.09 Å². The molecule has 21 heavy (non-hydrogen) atoms. The van der Waals surface area contributed by atoms with E-state index in [0.29, 0.717) is 5.92 Å². The maximum atomic E-state index is 13.8. The van der Waals surface area contributed by atoms with Crippen LogP contribution in [0.1, 0.15) is 64.6 Å². The molecule has 2 nitrogen and oxygen atoms in total. The molecule has 1 aliphatic heterocycles. The van der Waals surface area contributed by atoms with Crippen LogP contribution in [0.2, 0.25) is 0 Å². The van der Waals surface area contributed by atoms with Crippen molar-refractivity contribution in [1.29, 1.82) is 0 Å². The first kappa shape index (κ1) is 15.3. The zero-order valence-electron chi connectivity index (χ0n) is 13.9. The van der Waals surface area contributed by atoms with Crippen LogP contribution in [0, 0.1) is 5.92 Å². The minimum atomic E-state index is -2.43. The third-order valence-electron chi connectivity index (χ3n) is 6.45. The maximum absolute atomic E-state index is 13.8. The number of benzene rings is 1. The summed E-state index contributed by atoms with van der Waals surface area (Å²) in [4.78, 5) is 0. The fourth-order valence-electron chi connectivity index (χ4n) is 4.53. The molecule has 0 spiro atoms. The van der Waals surface area contributed by atoms with Crippen LogP contribution in [-0.4, -0.2) is 10.3 Å². The quantitative estimate of drug-likeness (QED) is 0.767. The lowest BCUT2D eigenvalue weighted by Gasteiger charge is -2.63. The van der Waals surface area contributed by atoms with Crippen LogP contribution in [0.4, 0.5) is 0 Å². The zero-order valence-corrected chi connectivity index (χ0v) is 14.8. The summed E-state index contributed by atoms with van der Waals surface area (Å²) in [5, 5.41) is 3.44. The molecule has 1 heterocycles. The van der Waals surface area contributed by atoms with Gasteiger partial charge in [-0.05, 0) is 36.3 Å². The van der Waals surface area contributed by atoms with Gasteiger partial charge in [0.1, 0.15) is 0 Å². The highest BCUT2D eigenvalue weighted by Gasteiger charge is 2.68. The van der Waals surface area contributed by atoms with Gasteiger partial charge in [-0.15, -0.1) is 0 Å². The zero-order chi connectivity index (χ0) is 15.5. The minimum Gasteiger partial charge on any atom is -0.306 e. The Morgan fingerprint density at radius 1 is 1.14 bits per heavy atom. The van der Waals surface area contributed by atoms with Crippen molar-refractivity contribution in [2.75, 3.05) is 0 Å². The van der Waals surface area contributed by atoms with Gasteiger partial charge in [0.25, 0.3) is 0 Å². The topological polar surface area (TPSA) is 29.1 Å². The van der Waals surface area contributed by atoms with E-state index in [2.05, 4.69) is 64.0 Å². The van der Waals surface area contributed by atoms with E-state index in [-0.39, 0.29) is 16.4 Å². The Labute approximate surface area is 129 Å². The molecule has 0 amide bonds. The number of fused-ring (bicyclic) bond motifs is 1. The van der Waals surface area contributed by atoms with E-state index in [9.17, 15) is 4.57 Å². The van der Waals surface area contributed by atoms with Crippen LogP contribution in [0.15, 0.2) is 24.3 Å². The molecule has 1 atom stereocenters. The van der Waals surface area contributed by atoms with Gasteiger partial charge in [0.05, 0.1) is 0 Å². The molecule has 1 aromatic rings. The van der Waals surface area contributed by atoms with Crippen molar-refractivity contribution in [1.82, 2.24) is 5.09 Å². The van der Waals surface area contributed by atoms with Gasteiger partial charge >= 0.3 is 0 Å². The molecule has 116 valence electrons. The maximum Gasteiger partial charge on any atom is 0.159 e. The van der Waals surface area contributed by atoms with E-state index in [0.717, 1.165) is 12.8 Å². The summed E-state index contributed by atoms with van der Waals surface area (Å²) in [5.41, 5.74) is 2.79. The number of hydrogen-bond acceptors (Lipinski definition) is 1. The first-order valence-electron chi connectivity index (χ1n) is 8.17. The van der Waals surface area contributed by atoms with E-state index in [4.69, 9.17) is 0 Å². The van der Waals surface area contributed by atoms with Crippen molar-refractivity contribution in [3.05, 3.63) is 35.4 Å². The van der Waals surface area contributed by atoms with E-state index in [1.807, 2.05) is 0 Å². The average Bonchev–Trinajstić information content (AvgIpc) is 2.46. The molecule has 1 aromatic carbocycles. The summed E-state index contributed by atoms with van der Waals surface area (Å²) in [6.07, 6.45) is 3.44. The van der Waals surface area contributed by atoms with E-state index in [1.165, 1.54) is 17.5 Å². The lowest BCUT2D eigenvalue weighted by Crippen LogP contribution is -2.61. The Morgan fingerprint density at radius 2 is 1.76 bits per heavy atom. The summed E-state index contributed by atoms with van der Waals surface area (Å²) >= 11 is 0. The molecule has 0 bridgehead atoms. The first-order valence-corrected chi connectivity index (χ1v) is 9.88. The first-order chi connectivity index (χ1) is 9.72. The van der Waals surface area contributed by atoms with Crippen LogP contribution in [0.3, 0.4) is 0 Å². The molecule has 2 aliphatic rings. The third kappa shape index (κ3) is 1.92. The molecule has 1 saturated heterocycles. The summed E-state index contributed by atoms with van der Waals surface area (Å²) < 4.78 is 13.8. The van der Waals surface area contributed by atoms with Crippen LogP contribution in [0.5, 0.6) is 0 Å². The molecule has 1 fully saturated rings. The van der Waals surface area contributed by atoms with E-state index >= 15 is 0 Å². The molecule has 3 heteroatoms. The fraction of sp³-hybridized carbons (Fsp3) is 0.667. The highest BCUT2D eigenvalue weighted by molar-refractivity contribution is 7.66.